The lowest BCUT2D eigenvalue weighted by molar-refractivity contribution is -0.0459. The first-order valence-electron chi connectivity index (χ1n) is 12.8. The number of nitrogens with zero attached hydrogens (tertiary/aromatic N) is 2. The minimum Gasteiger partial charge on any atom is -0.394 e. The molecule has 3 atom stereocenters. The molecule has 0 saturated carbocycles. The Balaban J connectivity index is 1.66. The van der Waals surface area contributed by atoms with Crippen LogP contribution in [0.5, 0.6) is 0 Å². The normalized spacial score (nSPS) is 20.4. The number of ether oxygens (including phenoxy) is 1. The van der Waals surface area contributed by atoms with Gasteiger partial charge in [-0.15, -0.1) is 0 Å². The SMILES string of the molecule is CCCCCCCCCCCCCCCC(=O)c1cn([C@H]2CC(O)[C@@H](CO)O2)c(=O)nc1N. The van der Waals surface area contributed by atoms with Gasteiger partial charge in [-0.05, 0) is 6.42 Å². The van der Waals surface area contributed by atoms with Crippen LogP contribution in [0.25, 0.3) is 0 Å². The number of ketones is 1. The van der Waals surface area contributed by atoms with Gasteiger partial charge in [0.05, 0.1) is 18.3 Å². The first-order valence-corrected chi connectivity index (χ1v) is 12.8. The van der Waals surface area contributed by atoms with E-state index in [1.165, 1.54) is 75.0 Å². The second-order valence-electron chi connectivity index (χ2n) is 9.26. The lowest BCUT2D eigenvalue weighted by Gasteiger charge is -2.16. The third-order valence-corrected chi connectivity index (χ3v) is 6.48. The number of hydrogen-bond donors (Lipinski definition) is 3. The fourth-order valence-corrected chi connectivity index (χ4v) is 4.39. The predicted octanol–water partition coefficient (Wildman–Crippen LogP) is 4.13. The van der Waals surface area contributed by atoms with E-state index in [1.807, 2.05) is 0 Å². The molecule has 4 N–H and O–H groups in total. The Morgan fingerprint density at radius 2 is 1.61 bits per heavy atom. The maximum Gasteiger partial charge on any atom is 0.351 e. The monoisotopic (exact) mass is 465 g/mol. The van der Waals surface area contributed by atoms with Gasteiger partial charge in [-0.1, -0.05) is 84.0 Å². The molecule has 0 amide bonds. The number of Topliss-reactive ketones (excluding diaryl/α,β-unsaturated/α-hetero) is 1. The molecule has 1 aliphatic rings. The zero-order valence-corrected chi connectivity index (χ0v) is 20.2. The van der Waals surface area contributed by atoms with Crippen molar-refractivity contribution < 1.29 is 19.7 Å². The summed E-state index contributed by atoms with van der Waals surface area (Å²) in [7, 11) is 0. The molecule has 188 valence electrons. The van der Waals surface area contributed by atoms with Gasteiger partial charge in [0.2, 0.25) is 0 Å². The first kappa shape index (κ1) is 27.5. The van der Waals surface area contributed by atoms with Crippen LogP contribution in [0.3, 0.4) is 0 Å². The summed E-state index contributed by atoms with van der Waals surface area (Å²) in [5.74, 6) is -0.220. The summed E-state index contributed by atoms with van der Waals surface area (Å²) in [6, 6.07) is 0. The van der Waals surface area contributed by atoms with Crippen LogP contribution in [0, 0.1) is 0 Å². The van der Waals surface area contributed by atoms with Crippen LogP contribution in [0.1, 0.15) is 120 Å². The molecule has 1 fully saturated rings. The van der Waals surface area contributed by atoms with Gasteiger partial charge in [-0.25, -0.2) is 4.79 Å². The maximum absolute atomic E-state index is 12.7. The van der Waals surface area contributed by atoms with Crippen LogP contribution < -0.4 is 11.4 Å². The summed E-state index contributed by atoms with van der Waals surface area (Å²) in [6.45, 7) is 1.90. The van der Waals surface area contributed by atoms with Gasteiger partial charge < -0.3 is 20.7 Å². The molecule has 1 saturated heterocycles. The number of aliphatic hydroxyl groups is 2. The molecular formula is C25H43N3O5. The van der Waals surface area contributed by atoms with E-state index < -0.39 is 24.1 Å². The van der Waals surface area contributed by atoms with Crippen molar-refractivity contribution in [2.45, 2.75) is 122 Å². The topological polar surface area (TPSA) is 128 Å². The fourth-order valence-electron chi connectivity index (χ4n) is 4.39. The minimum absolute atomic E-state index is 0.0757. The predicted molar refractivity (Wildman–Crippen MR) is 129 cm³/mol. The molecule has 33 heavy (non-hydrogen) atoms. The summed E-state index contributed by atoms with van der Waals surface area (Å²) in [6.07, 6.45) is 15.6. The van der Waals surface area contributed by atoms with Crippen molar-refractivity contribution in [3.8, 4) is 0 Å². The third kappa shape index (κ3) is 9.18. The molecule has 2 heterocycles. The zero-order valence-electron chi connectivity index (χ0n) is 20.2. The van der Waals surface area contributed by atoms with E-state index in [9.17, 15) is 19.8 Å². The van der Waals surface area contributed by atoms with E-state index in [1.54, 1.807) is 0 Å². The summed E-state index contributed by atoms with van der Waals surface area (Å²) in [5.41, 5.74) is 5.41. The quantitative estimate of drug-likeness (QED) is 0.233. The highest BCUT2D eigenvalue weighted by molar-refractivity contribution is 5.99. The molecule has 0 radical (unpaired) electrons. The second kappa shape index (κ2) is 15.2. The number of rotatable bonds is 17. The molecule has 8 nitrogen and oxygen atoms in total. The third-order valence-electron chi connectivity index (χ3n) is 6.48. The average molecular weight is 466 g/mol. The maximum atomic E-state index is 12.7. The number of aliphatic hydroxyl groups excluding tert-OH is 2. The Morgan fingerprint density at radius 1 is 1.06 bits per heavy atom. The number of nitrogens with two attached hydrogens (primary N) is 1. The Labute approximate surface area is 197 Å². The highest BCUT2D eigenvalue weighted by Gasteiger charge is 2.35. The Kier molecular flexibility index (Phi) is 12.6. The molecular weight excluding hydrogens is 422 g/mol. The van der Waals surface area contributed by atoms with Crippen LogP contribution in [-0.4, -0.2) is 44.4 Å². The zero-order chi connectivity index (χ0) is 24.1. The molecule has 0 spiro atoms. The van der Waals surface area contributed by atoms with Crippen LogP contribution in [-0.2, 0) is 4.74 Å². The molecule has 0 aromatic carbocycles. The van der Waals surface area contributed by atoms with E-state index in [2.05, 4.69) is 11.9 Å². The van der Waals surface area contributed by atoms with Gasteiger partial charge >= 0.3 is 5.69 Å². The van der Waals surface area contributed by atoms with Gasteiger partial charge in [0.15, 0.2) is 5.78 Å². The van der Waals surface area contributed by atoms with Crippen LogP contribution in [0.15, 0.2) is 11.0 Å². The van der Waals surface area contributed by atoms with E-state index in [0.717, 1.165) is 19.3 Å². The molecule has 1 aliphatic heterocycles. The molecule has 1 aromatic rings. The van der Waals surface area contributed by atoms with Gasteiger partial charge in [0, 0.05) is 19.0 Å². The first-order chi connectivity index (χ1) is 16.0. The molecule has 2 rings (SSSR count). The number of anilines is 1. The Hall–Kier alpha value is -1.77. The average Bonchev–Trinajstić information content (AvgIpc) is 3.17. The highest BCUT2D eigenvalue weighted by atomic mass is 16.5. The van der Waals surface area contributed by atoms with Crippen molar-refractivity contribution >= 4 is 11.6 Å². The van der Waals surface area contributed by atoms with Crippen molar-refractivity contribution in [2.24, 2.45) is 0 Å². The van der Waals surface area contributed by atoms with Gasteiger partial charge in [-0.2, -0.15) is 4.98 Å². The largest absolute Gasteiger partial charge is 0.394 e. The highest BCUT2D eigenvalue weighted by Crippen LogP contribution is 2.28. The van der Waals surface area contributed by atoms with E-state index in [-0.39, 0.29) is 30.2 Å². The van der Waals surface area contributed by atoms with Crippen LogP contribution in [0.4, 0.5) is 5.82 Å². The number of hydrogen-bond acceptors (Lipinski definition) is 7. The van der Waals surface area contributed by atoms with Gasteiger partial charge in [0.1, 0.15) is 18.1 Å². The number of carbonyl (C=O) groups is 1. The van der Waals surface area contributed by atoms with Crippen molar-refractivity contribution in [2.75, 3.05) is 12.3 Å². The summed E-state index contributed by atoms with van der Waals surface area (Å²) < 4.78 is 6.70. The lowest BCUT2D eigenvalue weighted by Crippen LogP contribution is -2.30. The number of carbonyl (C=O) groups excluding carboxylic acids is 1. The number of aromatic nitrogens is 2. The lowest BCUT2D eigenvalue weighted by atomic mass is 10.0. The van der Waals surface area contributed by atoms with Gasteiger partial charge in [-0.3, -0.25) is 9.36 Å². The molecule has 1 unspecified atom stereocenters. The van der Waals surface area contributed by atoms with Crippen LogP contribution >= 0.6 is 0 Å². The van der Waals surface area contributed by atoms with E-state index in [4.69, 9.17) is 10.5 Å². The second-order valence-corrected chi connectivity index (χ2v) is 9.26. The molecule has 0 aliphatic carbocycles. The molecule has 8 heteroatoms. The number of nitrogen functional groups attached to an aromatic ring is 1. The Morgan fingerprint density at radius 3 is 2.12 bits per heavy atom. The Bertz CT molecular complexity index is 767. The van der Waals surface area contributed by atoms with Crippen molar-refractivity contribution in [3.63, 3.8) is 0 Å². The van der Waals surface area contributed by atoms with E-state index >= 15 is 0 Å². The summed E-state index contributed by atoms with van der Waals surface area (Å²) in [5, 5.41) is 19.2. The summed E-state index contributed by atoms with van der Waals surface area (Å²) in [4.78, 5) is 28.7. The summed E-state index contributed by atoms with van der Waals surface area (Å²) >= 11 is 0. The number of unbranched alkanes of at least 4 members (excludes halogenated alkanes) is 12. The molecule has 0 bridgehead atoms. The standard InChI is InChI=1S/C25H43N3O5/c1-2-3-4-5-6-7-8-9-10-11-12-13-14-15-20(30)19-17-28(25(32)27-24(19)26)23-16-21(31)22(18-29)33-23/h17,21-23,29,31H,2-16,18H2,1H3,(H2,26,27,32)/t21?,22-,23-/m1/s1. The van der Waals surface area contributed by atoms with Crippen molar-refractivity contribution in [1.82, 2.24) is 9.55 Å². The fraction of sp³-hybridized carbons (Fsp3) is 0.800. The van der Waals surface area contributed by atoms with Crippen LogP contribution in [0.2, 0.25) is 0 Å². The van der Waals surface area contributed by atoms with Crippen molar-refractivity contribution in [1.29, 1.82) is 0 Å². The van der Waals surface area contributed by atoms with Gasteiger partial charge in [0.25, 0.3) is 0 Å². The molecule has 1 aromatic heterocycles. The minimum atomic E-state index is -0.880. The smallest absolute Gasteiger partial charge is 0.351 e. The van der Waals surface area contributed by atoms with E-state index in [0.29, 0.717) is 6.42 Å². The van der Waals surface area contributed by atoms with Crippen molar-refractivity contribution in [3.05, 3.63) is 22.2 Å².